The Labute approximate surface area is 192 Å². The molecule has 1 heterocycles. The molecule has 11 nitrogen and oxygen atoms in total. The number of carboxylic acid groups (broad SMARTS) is 2. The maximum absolute atomic E-state index is 12.4. The van der Waals surface area contributed by atoms with Crippen molar-refractivity contribution in [3.63, 3.8) is 0 Å². The molecule has 0 bridgehead atoms. The Morgan fingerprint density at radius 3 is 2.15 bits per heavy atom. The topological polar surface area (TPSA) is 178 Å². The lowest BCUT2D eigenvalue weighted by atomic mass is 9.95. The molecule has 3 rings (SSSR count). The normalized spacial score (nSPS) is 11.4. The van der Waals surface area contributed by atoms with Crippen LogP contribution in [0, 0.1) is 0 Å². The average molecular weight is 468 g/mol. The molecule has 3 aromatic rings. The molecule has 0 aliphatic rings. The summed E-state index contributed by atoms with van der Waals surface area (Å²) in [6, 6.07) is 12.4. The molecule has 2 aromatic carbocycles. The Kier molecular flexibility index (Phi) is 6.86. The van der Waals surface area contributed by atoms with E-state index in [2.05, 4.69) is 0 Å². The van der Waals surface area contributed by atoms with E-state index in [1.165, 1.54) is 32.4 Å². The summed E-state index contributed by atoms with van der Waals surface area (Å²) in [5, 5.41) is 19.3. The van der Waals surface area contributed by atoms with Crippen molar-refractivity contribution in [1.29, 1.82) is 0 Å². The summed E-state index contributed by atoms with van der Waals surface area (Å²) in [6.07, 6.45) is -1.22. The van der Waals surface area contributed by atoms with E-state index in [0.717, 1.165) is 0 Å². The van der Waals surface area contributed by atoms with Crippen molar-refractivity contribution in [3.8, 4) is 22.6 Å². The summed E-state index contributed by atoms with van der Waals surface area (Å²) in [7, 11) is 2.53. The van der Waals surface area contributed by atoms with E-state index in [4.69, 9.17) is 19.9 Å². The molecule has 0 aliphatic heterocycles. The molecule has 5 N–H and O–H groups in total. The molecule has 0 fully saturated rings. The molecule has 0 saturated heterocycles. The third-order valence-electron chi connectivity index (χ3n) is 4.89. The molecule has 0 amide bonds. The van der Waals surface area contributed by atoms with Gasteiger partial charge < -0.3 is 35.1 Å². The molecular weight excluding hydrogens is 448 g/mol. The molecule has 0 radical (unpaired) electrons. The summed E-state index contributed by atoms with van der Waals surface area (Å²) >= 11 is 0. The van der Waals surface area contributed by atoms with Crippen molar-refractivity contribution in [3.05, 3.63) is 75.6 Å². The standard InChI is InChI=1S/C23H20N2O9/c1-32-13-9-8-12(15-16(21(27)28)19(24)25-20(26)17(15)22(29)30)10-14(13)34-18(23(31)33-2)11-6-4-3-5-7-11/h3-10,18H,1-2H3,(H,27,28)(H,29,30)(H3,24,25,26). The zero-order valence-electron chi connectivity index (χ0n) is 18.0. The summed E-state index contributed by atoms with van der Waals surface area (Å²) in [5.41, 5.74) is 3.19. The Morgan fingerprint density at radius 2 is 1.59 bits per heavy atom. The number of aromatic carboxylic acids is 2. The summed E-state index contributed by atoms with van der Waals surface area (Å²) < 4.78 is 16.0. The van der Waals surface area contributed by atoms with Crippen LogP contribution in [0.1, 0.15) is 32.4 Å². The van der Waals surface area contributed by atoms with Gasteiger partial charge in [-0.05, 0) is 17.7 Å². The lowest BCUT2D eigenvalue weighted by Crippen LogP contribution is -2.24. The lowest BCUT2D eigenvalue weighted by Gasteiger charge is -2.20. The van der Waals surface area contributed by atoms with E-state index in [0.29, 0.717) is 5.56 Å². The van der Waals surface area contributed by atoms with E-state index in [9.17, 15) is 29.4 Å². The molecular formula is C23H20N2O9. The van der Waals surface area contributed by atoms with Gasteiger partial charge in [0.05, 0.1) is 14.2 Å². The number of ether oxygens (including phenoxy) is 3. The molecule has 11 heteroatoms. The first-order valence-corrected chi connectivity index (χ1v) is 9.69. The van der Waals surface area contributed by atoms with Gasteiger partial charge in [0.2, 0.25) is 6.10 Å². The number of nitrogens with two attached hydrogens (primary N) is 1. The molecule has 0 aliphatic carbocycles. The maximum Gasteiger partial charge on any atom is 0.351 e. The van der Waals surface area contributed by atoms with Crippen molar-refractivity contribution in [2.24, 2.45) is 0 Å². The molecule has 1 atom stereocenters. The first-order chi connectivity index (χ1) is 16.2. The van der Waals surface area contributed by atoms with Crippen molar-refractivity contribution >= 4 is 23.7 Å². The third kappa shape index (κ3) is 4.53. The van der Waals surface area contributed by atoms with Crippen LogP contribution in [0.25, 0.3) is 11.1 Å². The number of carboxylic acids is 2. The summed E-state index contributed by atoms with van der Waals surface area (Å²) in [4.78, 5) is 50.5. The summed E-state index contributed by atoms with van der Waals surface area (Å²) in [6.45, 7) is 0. The number of nitrogens with one attached hydrogen (secondary N) is 1. The molecule has 34 heavy (non-hydrogen) atoms. The van der Waals surface area contributed by atoms with Crippen molar-refractivity contribution < 1.29 is 38.8 Å². The maximum atomic E-state index is 12.4. The van der Waals surface area contributed by atoms with Crippen LogP contribution in [0.5, 0.6) is 11.5 Å². The highest BCUT2D eigenvalue weighted by atomic mass is 16.6. The number of hydrogen-bond donors (Lipinski definition) is 4. The number of aromatic amines is 1. The number of rotatable bonds is 8. The largest absolute Gasteiger partial charge is 0.493 e. The van der Waals surface area contributed by atoms with Crippen LogP contribution in [-0.4, -0.2) is 47.3 Å². The number of H-pyrrole nitrogens is 1. The first-order valence-electron chi connectivity index (χ1n) is 9.69. The van der Waals surface area contributed by atoms with Gasteiger partial charge in [-0.15, -0.1) is 0 Å². The highest BCUT2D eigenvalue weighted by molar-refractivity contribution is 6.07. The third-order valence-corrected chi connectivity index (χ3v) is 4.89. The lowest BCUT2D eigenvalue weighted by molar-refractivity contribution is -0.149. The highest BCUT2D eigenvalue weighted by Gasteiger charge is 2.29. The fraction of sp³-hybridized carbons (Fsp3) is 0.130. The van der Waals surface area contributed by atoms with E-state index in [1.807, 2.05) is 4.98 Å². The van der Waals surface area contributed by atoms with E-state index < -0.39 is 52.1 Å². The van der Waals surface area contributed by atoms with Gasteiger partial charge in [0.15, 0.2) is 11.5 Å². The quantitative estimate of drug-likeness (QED) is 0.359. The van der Waals surface area contributed by atoms with Crippen LogP contribution in [0.3, 0.4) is 0 Å². The van der Waals surface area contributed by atoms with Gasteiger partial charge in [0.1, 0.15) is 16.9 Å². The van der Waals surface area contributed by atoms with E-state index in [1.54, 1.807) is 30.3 Å². The number of aromatic nitrogens is 1. The second-order valence-corrected chi connectivity index (χ2v) is 6.90. The van der Waals surface area contributed by atoms with Gasteiger partial charge in [0.25, 0.3) is 5.56 Å². The fourth-order valence-corrected chi connectivity index (χ4v) is 3.37. The Morgan fingerprint density at radius 1 is 0.941 bits per heavy atom. The minimum absolute atomic E-state index is 0.0138. The van der Waals surface area contributed by atoms with Gasteiger partial charge in [0, 0.05) is 11.1 Å². The van der Waals surface area contributed by atoms with Gasteiger partial charge in [-0.25, -0.2) is 14.4 Å². The smallest absolute Gasteiger partial charge is 0.351 e. The van der Waals surface area contributed by atoms with Crippen molar-refractivity contribution in [2.75, 3.05) is 20.0 Å². The van der Waals surface area contributed by atoms with Crippen LogP contribution >= 0.6 is 0 Å². The van der Waals surface area contributed by atoms with Gasteiger partial charge in [-0.3, -0.25) is 4.79 Å². The monoisotopic (exact) mass is 468 g/mol. The van der Waals surface area contributed by atoms with Gasteiger partial charge >= 0.3 is 17.9 Å². The molecule has 176 valence electrons. The molecule has 1 unspecified atom stereocenters. The first kappa shape index (κ1) is 23.9. The van der Waals surface area contributed by atoms with Crippen molar-refractivity contribution in [2.45, 2.75) is 6.10 Å². The molecule has 0 spiro atoms. The van der Waals surface area contributed by atoms with E-state index >= 15 is 0 Å². The van der Waals surface area contributed by atoms with E-state index in [-0.39, 0.29) is 17.1 Å². The molecule has 1 aromatic heterocycles. The summed E-state index contributed by atoms with van der Waals surface area (Å²) in [5.74, 6) is -4.34. The number of methoxy groups -OCH3 is 2. The van der Waals surface area contributed by atoms with Gasteiger partial charge in [-0.2, -0.15) is 0 Å². The Bertz CT molecular complexity index is 1320. The Balaban J connectivity index is 2.25. The minimum Gasteiger partial charge on any atom is -0.493 e. The Hall–Kier alpha value is -4.80. The minimum atomic E-state index is -1.66. The van der Waals surface area contributed by atoms with Crippen LogP contribution < -0.4 is 20.8 Å². The zero-order chi connectivity index (χ0) is 25.0. The average Bonchev–Trinajstić information content (AvgIpc) is 2.81. The zero-order valence-corrected chi connectivity index (χ0v) is 18.0. The second kappa shape index (κ2) is 9.77. The highest BCUT2D eigenvalue weighted by Crippen LogP contribution is 2.38. The number of carbonyl (C=O) groups is 3. The van der Waals surface area contributed by atoms with Gasteiger partial charge in [-0.1, -0.05) is 36.4 Å². The number of esters is 1. The van der Waals surface area contributed by atoms with Crippen LogP contribution in [0.15, 0.2) is 53.3 Å². The number of pyridine rings is 1. The number of benzene rings is 2. The SMILES string of the molecule is COC(=O)C(Oc1cc(-c2c(C(=O)O)c(N)[nH]c(=O)c2C(=O)O)ccc1OC)c1ccccc1. The fourth-order valence-electron chi connectivity index (χ4n) is 3.37. The number of anilines is 1. The van der Waals surface area contributed by atoms with Crippen LogP contribution in [0.2, 0.25) is 0 Å². The van der Waals surface area contributed by atoms with Crippen LogP contribution in [-0.2, 0) is 9.53 Å². The number of hydrogen-bond acceptors (Lipinski definition) is 8. The molecule has 0 saturated carbocycles. The second-order valence-electron chi connectivity index (χ2n) is 6.90. The van der Waals surface area contributed by atoms with Crippen molar-refractivity contribution in [1.82, 2.24) is 4.98 Å². The number of carbonyl (C=O) groups excluding carboxylic acids is 1. The predicted octanol–water partition coefficient (Wildman–Crippen LogP) is 2.32. The predicted molar refractivity (Wildman–Crippen MR) is 119 cm³/mol. The number of nitrogen functional groups attached to an aromatic ring is 1. The van der Waals surface area contributed by atoms with Crippen LogP contribution in [0.4, 0.5) is 5.82 Å².